The SMILES string of the molecule is N#Cc1cncc(C=CC=O)c1. The van der Waals surface area contributed by atoms with Crippen LogP contribution in [-0.4, -0.2) is 11.3 Å². The zero-order valence-electron chi connectivity index (χ0n) is 6.27. The maximum absolute atomic E-state index is 9.96. The molecule has 1 rings (SSSR count). The second-order valence-electron chi connectivity index (χ2n) is 2.11. The maximum Gasteiger partial charge on any atom is 0.142 e. The Balaban J connectivity index is 2.95. The molecular weight excluding hydrogens is 152 g/mol. The van der Waals surface area contributed by atoms with E-state index in [1.54, 1.807) is 18.3 Å². The fraction of sp³-hybridized carbons (Fsp3) is 0. The van der Waals surface area contributed by atoms with Gasteiger partial charge in [-0.25, -0.2) is 0 Å². The fourth-order valence-electron chi connectivity index (χ4n) is 0.760. The number of pyridine rings is 1. The second kappa shape index (κ2) is 4.04. The van der Waals surface area contributed by atoms with Crippen molar-refractivity contribution in [2.45, 2.75) is 0 Å². The lowest BCUT2D eigenvalue weighted by Gasteiger charge is -1.90. The van der Waals surface area contributed by atoms with Gasteiger partial charge in [-0.1, -0.05) is 6.08 Å². The van der Waals surface area contributed by atoms with Crippen molar-refractivity contribution in [2.75, 3.05) is 0 Å². The van der Waals surface area contributed by atoms with Gasteiger partial charge in [0.2, 0.25) is 0 Å². The van der Waals surface area contributed by atoms with E-state index in [9.17, 15) is 4.79 Å². The average molecular weight is 158 g/mol. The third kappa shape index (κ3) is 2.03. The predicted octanol–water partition coefficient (Wildman–Crippen LogP) is 1.17. The molecule has 3 heteroatoms. The molecule has 0 aliphatic carbocycles. The zero-order valence-corrected chi connectivity index (χ0v) is 6.27. The summed E-state index contributed by atoms with van der Waals surface area (Å²) in [5, 5.41) is 8.50. The van der Waals surface area contributed by atoms with E-state index in [0.29, 0.717) is 11.8 Å². The quantitative estimate of drug-likeness (QED) is 0.479. The monoisotopic (exact) mass is 158 g/mol. The number of nitrogens with zero attached hydrogens (tertiary/aromatic N) is 2. The molecule has 0 aromatic carbocycles. The van der Waals surface area contributed by atoms with Gasteiger partial charge in [-0.15, -0.1) is 0 Å². The van der Waals surface area contributed by atoms with Gasteiger partial charge < -0.3 is 0 Å². The maximum atomic E-state index is 9.96. The van der Waals surface area contributed by atoms with Crippen LogP contribution in [0.3, 0.4) is 0 Å². The number of hydrogen-bond donors (Lipinski definition) is 0. The van der Waals surface area contributed by atoms with Crippen LogP contribution >= 0.6 is 0 Å². The van der Waals surface area contributed by atoms with E-state index in [-0.39, 0.29) is 0 Å². The summed E-state index contributed by atoms with van der Waals surface area (Å²) in [7, 11) is 0. The summed E-state index contributed by atoms with van der Waals surface area (Å²) in [6.45, 7) is 0. The Morgan fingerprint density at radius 3 is 3.00 bits per heavy atom. The summed E-state index contributed by atoms with van der Waals surface area (Å²) in [5.41, 5.74) is 1.24. The smallest absolute Gasteiger partial charge is 0.142 e. The Labute approximate surface area is 70.0 Å². The van der Waals surface area contributed by atoms with Crippen molar-refractivity contribution in [1.29, 1.82) is 5.26 Å². The average Bonchev–Trinajstić information content (AvgIpc) is 2.15. The molecule has 0 radical (unpaired) electrons. The Hall–Kier alpha value is -1.95. The zero-order chi connectivity index (χ0) is 8.81. The number of aromatic nitrogens is 1. The van der Waals surface area contributed by atoms with Crippen LogP contribution in [0.2, 0.25) is 0 Å². The molecule has 0 spiro atoms. The highest BCUT2D eigenvalue weighted by atomic mass is 16.1. The summed E-state index contributed by atoms with van der Waals surface area (Å²) in [5.74, 6) is 0. The van der Waals surface area contributed by atoms with E-state index in [2.05, 4.69) is 4.98 Å². The van der Waals surface area contributed by atoms with Gasteiger partial charge in [0.25, 0.3) is 0 Å². The van der Waals surface area contributed by atoms with Crippen molar-refractivity contribution >= 4 is 12.4 Å². The molecule has 1 aromatic heterocycles. The standard InChI is InChI=1S/C9H6N2O/c10-5-9-4-8(2-1-3-12)6-11-7-9/h1-4,6-7H. The van der Waals surface area contributed by atoms with Gasteiger partial charge in [-0.05, 0) is 17.7 Å². The number of aldehydes is 1. The highest BCUT2D eigenvalue weighted by molar-refractivity contribution is 5.73. The topological polar surface area (TPSA) is 53.8 Å². The second-order valence-corrected chi connectivity index (χ2v) is 2.11. The molecule has 58 valence electrons. The molecule has 0 unspecified atom stereocenters. The molecule has 0 fully saturated rings. The van der Waals surface area contributed by atoms with Crippen molar-refractivity contribution < 1.29 is 4.79 Å². The molecule has 0 atom stereocenters. The Morgan fingerprint density at radius 1 is 1.50 bits per heavy atom. The summed E-state index contributed by atoms with van der Waals surface area (Å²) in [6, 6.07) is 3.62. The van der Waals surface area contributed by atoms with Crippen molar-refractivity contribution in [3.05, 3.63) is 35.7 Å². The minimum Gasteiger partial charge on any atom is -0.299 e. The minimum absolute atomic E-state index is 0.489. The van der Waals surface area contributed by atoms with Crippen molar-refractivity contribution in [1.82, 2.24) is 4.98 Å². The number of allylic oxidation sites excluding steroid dienone is 1. The number of carbonyl (C=O) groups excluding carboxylic acids is 1. The van der Waals surface area contributed by atoms with E-state index in [4.69, 9.17) is 5.26 Å². The first-order valence-corrected chi connectivity index (χ1v) is 3.34. The first-order chi connectivity index (χ1) is 5.86. The van der Waals surface area contributed by atoms with Crippen LogP contribution in [0.5, 0.6) is 0 Å². The summed E-state index contributed by atoms with van der Waals surface area (Å²) < 4.78 is 0. The van der Waals surface area contributed by atoms with E-state index < -0.39 is 0 Å². The molecule has 0 bridgehead atoms. The highest BCUT2D eigenvalue weighted by Gasteiger charge is 1.90. The van der Waals surface area contributed by atoms with E-state index in [1.807, 2.05) is 6.07 Å². The van der Waals surface area contributed by atoms with Gasteiger partial charge in [0.15, 0.2) is 0 Å². The predicted molar refractivity (Wildman–Crippen MR) is 44.1 cm³/mol. The largest absolute Gasteiger partial charge is 0.299 e. The van der Waals surface area contributed by atoms with Crippen molar-refractivity contribution in [3.8, 4) is 6.07 Å². The first-order valence-electron chi connectivity index (χ1n) is 3.34. The van der Waals surface area contributed by atoms with Gasteiger partial charge in [0, 0.05) is 12.4 Å². The lowest BCUT2D eigenvalue weighted by molar-refractivity contribution is -0.104. The van der Waals surface area contributed by atoms with E-state index in [1.165, 1.54) is 12.3 Å². The molecule has 3 nitrogen and oxygen atoms in total. The van der Waals surface area contributed by atoms with Gasteiger partial charge >= 0.3 is 0 Å². The van der Waals surface area contributed by atoms with Crippen LogP contribution < -0.4 is 0 Å². The normalized spacial score (nSPS) is 9.58. The lowest BCUT2D eigenvalue weighted by Crippen LogP contribution is -1.80. The summed E-state index contributed by atoms with van der Waals surface area (Å²) in [4.78, 5) is 13.8. The van der Waals surface area contributed by atoms with Gasteiger partial charge in [-0.2, -0.15) is 5.26 Å². The molecule has 0 saturated heterocycles. The Bertz CT molecular complexity index is 350. The van der Waals surface area contributed by atoms with Crippen LogP contribution in [0.15, 0.2) is 24.5 Å². The fourth-order valence-corrected chi connectivity index (χ4v) is 0.760. The molecule has 0 aliphatic rings. The molecule has 12 heavy (non-hydrogen) atoms. The van der Waals surface area contributed by atoms with Crippen molar-refractivity contribution in [3.63, 3.8) is 0 Å². The lowest BCUT2D eigenvalue weighted by atomic mass is 10.2. The van der Waals surface area contributed by atoms with Gasteiger partial charge in [0.1, 0.15) is 12.4 Å². The third-order valence-electron chi connectivity index (χ3n) is 1.26. The molecule has 0 amide bonds. The molecule has 0 N–H and O–H groups in total. The van der Waals surface area contributed by atoms with E-state index in [0.717, 1.165) is 5.56 Å². The van der Waals surface area contributed by atoms with Crippen LogP contribution in [0.1, 0.15) is 11.1 Å². The summed E-state index contributed by atoms with van der Waals surface area (Å²) >= 11 is 0. The molecule has 1 heterocycles. The van der Waals surface area contributed by atoms with Gasteiger partial charge in [0.05, 0.1) is 5.56 Å². The highest BCUT2D eigenvalue weighted by Crippen LogP contribution is 2.02. The number of carbonyl (C=O) groups is 1. The van der Waals surface area contributed by atoms with Gasteiger partial charge in [-0.3, -0.25) is 9.78 Å². The molecule has 0 aliphatic heterocycles. The van der Waals surface area contributed by atoms with Crippen LogP contribution in [0.4, 0.5) is 0 Å². The Kier molecular flexibility index (Phi) is 2.74. The number of rotatable bonds is 2. The third-order valence-corrected chi connectivity index (χ3v) is 1.26. The minimum atomic E-state index is 0.489. The summed E-state index contributed by atoms with van der Waals surface area (Å²) in [6.07, 6.45) is 6.69. The number of nitriles is 1. The molecule has 0 saturated carbocycles. The first kappa shape index (κ1) is 8.15. The van der Waals surface area contributed by atoms with E-state index >= 15 is 0 Å². The van der Waals surface area contributed by atoms with Crippen LogP contribution in [0, 0.1) is 11.3 Å². The Morgan fingerprint density at radius 2 is 2.33 bits per heavy atom. The number of hydrogen-bond acceptors (Lipinski definition) is 3. The van der Waals surface area contributed by atoms with Crippen LogP contribution in [-0.2, 0) is 4.79 Å². The van der Waals surface area contributed by atoms with Crippen LogP contribution in [0.25, 0.3) is 6.08 Å². The molecular formula is C9H6N2O. The van der Waals surface area contributed by atoms with Crippen molar-refractivity contribution in [2.24, 2.45) is 0 Å². The molecule has 1 aromatic rings.